The molecule has 1 fully saturated rings. The molecule has 0 unspecified atom stereocenters. The summed E-state index contributed by atoms with van der Waals surface area (Å²) >= 11 is 0. The Bertz CT molecular complexity index is 174. The van der Waals surface area contributed by atoms with E-state index >= 15 is 0 Å². The summed E-state index contributed by atoms with van der Waals surface area (Å²) in [6, 6.07) is 0. The van der Waals surface area contributed by atoms with Gasteiger partial charge in [0, 0.05) is 13.1 Å². The van der Waals surface area contributed by atoms with Crippen LogP contribution in [0.1, 0.15) is 52.4 Å². The van der Waals surface area contributed by atoms with Gasteiger partial charge in [-0.05, 0) is 44.8 Å². The van der Waals surface area contributed by atoms with Crippen LogP contribution in [0.4, 0.5) is 0 Å². The van der Waals surface area contributed by atoms with Crippen LogP contribution < -0.4 is 5.32 Å². The van der Waals surface area contributed by atoms with Gasteiger partial charge in [0.2, 0.25) is 0 Å². The minimum atomic E-state index is 0.766. The zero-order chi connectivity index (χ0) is 12.5. The molecule has 0 aliphatic heterocycles. The van der Waals surface area contributed by atoms with E-state index in [1.165, 1.54) is 51.6 Å². The number of hydrogen-bond acceptors (Lipinski definition) is 2. The smallest absolute Gasteiger partial charge is 0.0104 e. The van der Waals surface area contributed by atoms with Crippen LogP contribution in [-0.4, -0.2) is 38.1 Å². The number of nitrogens with zero attached hydrogens (tertiary/aromatic N) is 1. The van der Waals surface area contributed by atoms with E-state index < -0.39 is 0 Å². The minimum Gasteiger partial charge on any atom is -0.315 e. The molecule has 2 heteroatoms. The van der Waals surface area contributed by atoms with Crippen molar-refractivity contribution >= 4 is 0 Å². The van der Waals surface area contributed by atoms with Crippen LogP contribution in [-0.2, 0) is 0 Å². The highest BCUT2D eigenvalue weighted by Crippen LogP contribution is 2.28. The van der Waals surface area contributed by atoms with E-state index in [2.05, 4.69) is 31.1 Å². The normalized spacial score (nSPS) is 17.5. The maximum Gasteiger partial charge on any atom is 0.0104 e. The van der Waals surface area contributed by atoms with Crippen LogP contribution in [0.5, 0.6) is 0 Å². The Morgan fingerprint density at radius 1 is 1.18 bits per heavy atom. The summed E-state index contributed by atoms with van der Waals surface area (Å²) in [4.78, 5) is 2.47. The Labute approximate surface area is 108 Å². The number of rotatable bonds is 9. The lowest BCUT2D eigenvalue weighted by atomic mass is 10.0. The molecule has 0 atom stereocenters. The highest BCUT2D eigenvalue weighted by atomic mass is 15.1. The maximum absolute atomic E-state index is 3.51. The van der Waals surface area contributed by atoms with E-state index in [-0.39, 0.29) is 0 Å². The SMILES string of the molecule is CC(C)CNCCN(C)CCCC1CCCC1. The Balaban J connectivity index is 1.88. The van der Waals surface area contributed by atoms with E-state index in [0.717, 1.165) is 24.9 Å². The maximum atomic E-state index is 3.51. The zero-order valence-corrected chi connectivity index (χ0v) is 12.2. The molecule has 2 nitrogen and oxygen atoms in total. The highest BCUT2D eigenvalue weighted by Gasteiger charge is 2.14. The second kappa shape index (κ2) is 8.93. The molecule has 102 valence electrons. The molecule has 1 aliphatic carbocycles. The summed E-state index contributed by atoms with van der Waals surface area (Å²) < 4.78 is 0. The number of hydrogen-bond donors (Lipinski definition) is 1. The van der Waals surface area contributed by atoms with Crippen molar-refractivity contribution in [1.82, 2.24) is 10.2 Å². The van der Waals surface area contributed by atoms with Gasteiger partial charge in [0.1, 0.15) is 0 Å². The molecule has 1 saturated carbocycles. The number of likely N-dealkylation sites (N-methyl/N-ethyl adjacent to an activating group) is 1. The van der Waals surface area contributed by atoms with Crippen LogP contribution in [0.25, 0.3) is 0 Å². The fourth-order valence-electron chi connectivity index (χ4n) is 2.72. The molecule has 0 saturated heterocycles. The van der Waals surface area contributed by atoms with Gasteiger partial charge < -0.3 is 10.2 Å². The first-order valence-corrected chi connectivity index (χ1v) is 7.57. The van der Waals surface area contributed by atoms with E-state index in [9.17, 15) is 0 Å². The Morgan fingerprint density at radius 3 is 2.53 bits per heavy atom. The molecule has 0 aromatic rings. The van der Waals surface area contributed by atoms with Gasteiger partial charge in [-0.25, -0.2) is 0 Å². The quantitative estimate of drug-likeness (QED) is 0.623. The van der Waals surface area contributed by atoms with Gasteiger partial charge in [-0.1, -0.05) is 39.5 Å². The average molecular weight is 240 g/mol. The summed E-state index contributed by atoms with van der Waals surface area (Å²) in [6.45, 7) is 9.28. The van der Waals surface area contributed by atoms with Crippen LogP contribution in [0.2, 0.25) is 0 Å². The van der Waals surface area contributed by atoms with Gasteiger partial charge in [-0.2, -0.15) is 0 Å². The van der Waals surface area contributed by atoms with Gasteiger partial charge >= 0.3 is 0 Å². The molecule has 0 amide bonds. The van der Waals surface area contributed by atoms with Gasteiger partial charge in [0.05, 0.1) is 0 Å². The van der Waals surface area contributed by atoms with Crippen LogP contribution >= 0.6 is 0 Å². The fourth-order valence-corrected chi connectivity index (χ4v) is 2.72. The molecule has 0 aromatic carbocycles. The fraction of sp³-hybridized carbons (Fsp3) is 1.00. The lowest BCUT2D eigenvalue weighted by Gasteiger charge is -2.18. The minimum absolute atomic E-state index is 0.766. The molecule has 0 heterocycles. The van der Waals surface area contributed by atoms with Crippen molar-refractivity contribution in [1.29, 1.82) is 0 Å². The zero-order valence-electron chi connectivity index (χ0n) is 12.2. The Morgan fingerprint density at radius 2 is 1.88 bits per heavy atom. The van der Waals surface area contributed by atoms with Crippen molar-refractivity contribution in [3.63, 3.8) is 0 Å². The molecule has 1 rings (SSSR count). The average Bonchev–Trinajstić information content (AvgIpc) is 2.77. The second-order valence-corrected chi connectivity index (χ2v) is 6.19. The van der Waals surface area contributed by atoms with Crippen molar-refractivity contribution in [2.75, 3.05) is 33.2 Å². The molecular weight excluding hydrogens is 208 g/mol. The lowest BCUT2D eigenvalue weighted by molar-refractivity contribution is 0.309. The predicted molar refractivity (Wildman–Crippen MR) is 76.4 cm³/mol. The standard InChI is InChI=1S/C15H32N2/c1-14(2)13-16-10-12-17(3)11-6-9-15-7-4-5-8-15/h14-16H,4-13H2,1-3H3. The third kappa shape index (κ3) is 7.77. The summed E-state index contributed by atoms with van der Waals surface area (Å²) in [7, 11) is 2.26. The first-order valence-electron chi connectivity index (χ1n) is 7.57. The third-order valence-corrected chi connectivity index (χ3v) is 3.85. The second-order valence-electron chi connectivity index (χ2n) is 6.19. The van der Waals surface area contributed by atoms with Gasteiger partial charge in [0.15, 0.2) is 0 Å². The Hall–Kier alpha value is -0.0800. The summed E-state index contributed by atoms with van der Waals surface area (Å²) in [5.74, 6) is 1.82. The van der Waals surface area contributed by atoms with Gasteiger partial charge in [0.25, 0.3) is 0 Å². The summed E-state index contributed by atoms with van der Waals surface area (Å²) in [5.41, 5.74) is 0. The topological polar surface area (TPSA) is 15.3 Å². The van der Waals surface area contributed by atoms with Crippen molar-refractivity contribution in [2.24, 2.45) is 11.8 Å². The monoisotopic (exact) mass is 240 g/mol. The molecule has 0 radical (unpaired) electrons. The molecule has 1 aliphatic rings. The summed E-state index contributed by atoms with van der Waals surface area (Å²) in [5, 5.41) is 3.51. The van der Waals surface area contributed by atoms with E-state index in [1.807, 2.05) is 0 Å². The summed E-state index contributed by atoms with van der Waals surface area (Å²) in [6.07, 6.45) is 8.83. The van der Waals surface area contributed by atoms with Crippen molar-refractivity contribution in [3.8, 4) is 0 Å². The van der Waals surface area contributed by atoms with E-state index in [4.69, 9.17) is 0 Å². The van der Waals surface area contributed by atoms with Crippen molar-refractivity contribution < 1.29 is 0 Å². The molecule has 0 aromatic heterocycles. The molecule has 0 spiro atoms. The molecule has 1 N–H and O–H groups in total. The molecular formula is C15H32N2. The van der Waals surface area contributed by atoms with Crippen LogP contribution in [0.15, 0.2) is 0 Å². The van der Waals surface area contributed by atoms with Gasteiger partial charge in [-0.15, -0.1) is 0 Å². The van der Waals surface area contributed by atoms with Crippen molar-refractivity contribution in [2.45, 2.75) is 52.4 Å². The molecule has 0 bridgehead atoms. The lowest BCUT2D eigenvalue weighted by Crippen LogP contribution is -2.31. The first kappa shape index (κ1) is 15.0. The number of nitrogens with one attached hydrogen (secondary N) is 1. The van der Waals surface area contributed by atoms with E-state index in [1.54, 1.807) is 0 Å². The largest absolute Gasteiger partial charge is 0.315 e. The van der Waals surface area contributed by atoms with Gasteiger partial charge in [-0.3, -0.25) is 0 Å². The molecule has 17 heavy (non-hydrogen) atoms. The van der Waals surface area contributed by atoms with E-state index in [0.29, 0.717) is 0 Å². The Kier molecular flexibility index (Phi) is 7.87. The van der Waals surface area contributed by atoms with Crippen molar-refractivity contribution in [3.05, 3.63) is 0 Å². The van der Waals surface area contributed by atoms with Crippen LogP contribution in [0, 0.1) is 11.8 Å². The highest BCUT2D eigenvalue weighted by molar-refractivity contribution is 4.68. The van der Waals surface area contributed by atoms with Crippen LogP contribution in [0.3, 0.4) is 0 Å². The third-order valence-electron chi connectivity index (χ3n) is 3.85. The first-order chi connectivity index (χ1) is 8.18. The predicted octanol–water partition coefficient (Wildman–Crippen LogP) is 3.13.